The summed E-state index contributed by atoms with van der Waals surface area (Å²) in [7, 11) is 0. The number of nitrogens with zero attached hydrogens (tertiary/aromatic N) is 1. The zero-order valence-corrected chi connectivity index (χ0v) is 24.2. The Hall–Kier alpha value is -4.49. The quantitative estimate of drug-likeness (QED) is 0.116. The van der Waals surface area contributed by atoms with Crippen molar-refractivity contribution in [3.8, 4) is 5.88 Å². The molecular weight excluding hydrogens is 526 g/mol. The number of esters is 1. The highest BCUT2D eigenvalue weighted by molar-refractivity contribution is 5.97. The minimum Gasteiger partial charge on any atom is -0.473 e. The molecule has 0 saturated carbocycles. The number of carbonyl (C=O) groups excluding carboxylic acids is 2. The van der Waals surface area contributed by atoms with Gasteiger partial charge in [-0.25, -0.2) is 9.78 Å². The van der Waals surface area contributed by atoms with Crippen LogP contribution in [0.4, 0.5) is 5.69 Å². The van der Waals surface area contributed by atoms with Gasteiger partial charge in [-0.05, 0) is 42.5 Å². The lowest BCUT2D eigenvalue weighted by atomic mass is 9.96. The molecule has 0 radical (unpaired) electrons. The summed E-state index contributed by atoms with van der Waals surface area (Å²) >= 11 is 0. The molecule has 0 aliphatic carbocycles. The summed E-state index contributed by atoms with van der Waals surface area (Å²) in [5, 5.41) is 6.54. The Morgan fingerprint density at radius 3 is 2.07 bits per heavy atom. The molecular formula is C35H39N3O4. The molecule has 1 aromatic heterocycles. The number of aromatic nitrogens is 1. The number of rotatable bonds is 16. The number of nitrogens with one attached hydrogen (secondary N) is 2. The third kappa shape index (κ3) is 9.01. The van der Waals surface area contributed by atoms with E-state index in [4.69, 9.17) is 9.47 Å². The number of hydrogen-bond donors (Lipinski definition) is 2. The summed E-state index contributed by atoms with van der Waals surface area (Å²) in [6, 6.07) is 31.4. The van der Waals surface area contributed by atoms with Gasteiger partial charge in [0.05, 0.1) is 6.54 Å². The van der Waals surface area contributed by atoms with Crippen LogP contribution >= 0.6 is 0 Å². The molecule has 4 rings (SSSR count). The van der Waals surface area contributed by atoms with E-state index < -0.39 is 18.1 Å². The van der Waals surface area contributed by atoms with Gasteiger partial charge in [0.25, 0.3) is 0 Å². The van der Waals surface area contributed by atoms with Crippen LogP contribution in [0.15, 0.2) is 109 Å². The van der Waals surface area contributed by atoms with Crippen LogP contribution in [0.2, 0.25) is 0 Å². The second kappa shape index (κ2) is 16.1. The second-order valence-corrected chi connectivity index (χ2v) is 10.1. The van der Waals surface area contributed by atoms with Crippen molar-refractivity contribution >= 4 is 17.4 Å². The maximum absolute atomic E-state index is 13.8. The van der Waals surface area contributed by atoms with Crippen molar-refractivity contribution in [1.29, 1.82) is 0 Å². The summed E-state index contributed by atoms with van der Waals surface area (Å²) in [5.74, 6) is 0.190. The van der Waals surface area contributed by atoms with Gasteiger partial charge in [0.15, 0.2) is 11.8 Å². The molecule has 1 unspecified atom stereocenters. The van der Waals surface area contributed by atoms with Crippen molar-refractivity contribution in [3.63, 3.8) is 0 Å². The van der Waals surface area contributed by atoms with Crippen LogP contribution in [0.1, 0.15) is 54.2 Å². The molecule has 0 bridgehead atoms. The fourth-order valence-corrected chi connectivity index (χ4v) is 4.75. The largest absolute Gasteiger partial charge is 0.473 e. The Balaban J connectivity index is 1.46. The number of anilines is 1. The van der Waals surface area contributed by atoms with Gasteiger partial charge in [0.1, 0.15) is 12.7 Å². The first-order chi connectivity index (χ1) is 20.6. The van der Waals surface area contributed by atoms with Crippen molar-refractivity contribution in [2.75, 3.05) is 18.4 Å². The van der Waals surface area contributed by atoms with Gasteiger partial charge >= 0.3 is 5.97 Å². The maximum atomic E-state index is 13.8. The van der Waals surface area contributed by atoms with E-state index in [1.165, 1.54) is 0 Å². The highest BCUT2D eigenvalue weighted by atomic mass is 16.5. The highest BCUT2D eigenvalue weighted by Crippen LogP contribution is 2.25. The van der Waals surface area contributed by atoms with Crippen LogP contribution in [0.5, 0.6) is 5.88 Å². The second-order valence-electron chi connectivity index (χ2n) is 10.1. The van der Waals surface area contributed by atoms with E-state index in [0.29, 0.717) is 30.2 Å². The lowest BCUT2D eigenvalue weighted by Crippen LogP contribution is -2.40. The average molecular weight is 566 g/mol. The topological polar surface area (TPSA) is 89.5 Å². The normalized spacial score (nSPS) is 12.4. The third-order valence-electron chi connectivity index (χ3n) is 7.21. The van der Waals surface area contributed by atoms with Crippen molar-refractivity contribution in [2.45, 2.75) is 45.4 Å². The van der Waals surface area contributed by atoms with Crippen molar-refractivity contribution in [3.05, 3.63) is 126 Å². The van der Waals surface area contributed by atoms with Crippen LogP contribution in [0.3, 0.4) is 0 Å². The number of carbonyl (C=O) groups is 2. The number of pyridine rings is 1. The first-order valence-electron chi connectivity index (χ1n) is 14.5. The fraction of sp³-hybridized carbons (Fsp3) is 0.286. The molecule has 7 heteroatoms. The minimum absolute atomic E-state index is 0.00510. The van der Waals surface area contributed by atoms with Gasteiger partial charge in [-0.15, -0.1) is 0 Å². The Morgan fingerprint density at radius 1 is 0.810 bits per heavy atom. The molecule has 1 heterocycles. The standard InChI is InChI=1S/C35H39N3O4/c1-3-27(4-2)32(24-36-23-31(39)28-16-10-6-11-17-28)42-35(40)34(38-30-18-12-7-13-19-30)29-20-21-33(37-22-29)41-25-26-14-8-5-9-15-26/h5-22,27,32,34,36,38H,3-4,23-25H2,1-2H3/t32?,34-/m1/s1. The highest BCUT2D eigenvalue weighted by Gasteiger charge is 2.29. The molecule has 0 saturated heterocycles. The number of hydrogen-bond acceptors (Lipinski definition) is 7. The van der Waals surface area contributed by atoms with Crippen LogP contribution in [0.25, 0.3) is 0 Å². The number of Topliss-reactive ketones (excluding diaryl/α,β-unsaturated/α-hetero) is 1. The summed E-state index contributed by atoms with van der Waals surface area (Å²) in [4.78, 5) is 30.8. The lowest BCUT2D eigenvalue weighted by molar-refractivity contribution is -0.153. The van der Waals surface area contributed by atoms with E-state index in [0.717, 1.165) is 24.1 Å². The van der Waals surface area contributed by atoms with Crippen LogP contribution in [0, 0.1) is 5.92 Å². The lowest BCUT2D eigenvalue weighted by Gasteiger charge is -2.28. The summed E-state index contributed by atoms with van der Waals surface area (Å²) < 4.78 is 12.0. The number of ketones is 1. The molecule has 4 aromatic rings. The van der Waals surface area contributed by atoms with E-state index >= 15 is 0 Å². The molecule has 0 aliphatic rings. The fourth-order valence-electron chi connectivity index (χ4n) is 4.75. The number of benzene rings is 3. The first-order valence-corrected chi connectivity index (χ1v) is 14.5. The van der Waals surface area contributed by atoms with Gasteiger partial charge in [-0.3, -0.25) is 4.79 Å². The summed E-state index contributed by atoms with van der Waals surface area (Å²) in [6.07, 6.45) is 2.92. The van der Waals surface area contributed by atoms with E-state index in [-0.39, 0.29) is 18.2 Å². The monoisotopic (exact) mass is 565 g/mol. The predicted octanol–water partition coefficient (Wildman–Crippen LogP) is 6.63. The Bertz CT molecular complexity index is 1360. The van der Waals surface area contributed by atoms with E-state index in [2.05, 4.69) is 29.5 Å². The number of para-hydroxylation sites is 1. The van der Waals surface area contributed by atoms with Crippen LogP contribution < -0.4 is 15.4 Å². The van der Waals surface area contributed by atoms with Crippen LogP contribution in [-0.4, -0.2) is 35.9 Å². The van der Waals surface area contributed by atoms with E-state index in [9.17, 15) is 9.59 Å². The summed E-state index contributed by atoms with van der Waals surface area (Å²) in [5.41, 5.74) is 3.14. The summed E-state index contributed by atoms with van der Waals surface area (Å²) in [6.45, 7) is 5.11. The molecule has 2 N–H and O–H groups in total. The smallest absolute Gasteiger partial charge is 0.333 e. The maximum Gasteiger partial charge on any atom is 0.333 e. The van der Waals surface area contributed by atoms with Gasteiger partial charge in [-0.2, -0.15) is 0 Å². The van der Waals surface area contributed by atoms with Gasteiger partial charge < -0.3 is 20.1 Å². The van der Waals surface area contributed by atoms with Crippen molar-refractivity contribution in [2.24, 2.45) is 5.92 Å². The molecule has 0 amide bonds. The Labute approximate surface area is 248 Å². The zero-order valence-electron chi connectivity index (χ0n) is 24.2. The third-order valence-corrected chi connectivity index (χ3v) is 7.21. The number of ether oxygens (including phenoxy) is 2. The molecule has 42 heavy (non-hydrogen) atoms. The minimum atomic E-state index is -0.786. The predicted molar refractivity (Wildman–Crippen MR) is 165 cm³/mol. The van der Waals surface area contributed by atoms with E-state index in [1.54, 1.807) is 24.4 Å². The van der Waals surface area contributed by atoms with E-state index in [1.807, 2.05) is 84.9 Å². The zero-order chi connectivity index (χ0) is 29.6. The van der Waals surface area contributed by atoms with Gasteiger partial charge in [0, 0.05) is 35.6 Å². The van der Waals surface area contributed by atoms with Gasteiger partial charge in [-0.1, -0.05) is 92.7 Å². The Morgan fingerprint density at radius 2 is 1.45 bits per heavy atom. The average Bonchev–Trinajstić information content (AvgIpc) is 3.04. The molecule has 0 aliphatic heterocycles. The van der Waals surface area contributed by atoms with Gasteiger partial charge in [0.2, 0.25) is 5.88 Å². The van der Waals surface area contributed by atoms with Crippen LogP contribution in [-0.2, 0) is 16.1 Å². The Kier molecular flexibility index (Phi) is 11.7. The molecule has 2 atom stereocenters. The molecule has 0 spiro atoms. The molecule has 0 fully saturated rings. The first kappa shape index (κ1) is 30.5. The van der Waals surface area contributed by atoms with Crippen molar-refractivity contribution < 1.29 is 19.1 Å². The molecule has 7 nitrogen and oxygen atoms in total. The van der Waals surface area contributed by atoms with Crippen molar-refractivity contribution in [1.82, 2.24) is 10.3 Å². The molecule has 3 aromatic carbocycles. The molecule has 218 valence electrons. The SMILES string of the molecule is CCC(CC)C(CNCC(=O)c1ccccc1)OC(=O)[C@H](Nc1ccccc1)c1ccc(OCc2ccccc2)nc1.